The number of rotatable bonds is 7. The number of aromatic nitrogens is 2. The SMILES string of the molecule is Cc1ccc(N=Nc2c(S(=O)(=O)[O-])cc3cc(S(=O)(=O)O)cc(Nc4nc(F)nc(C)c4Cl)c3c2O)c(S(=O)(=O)O)c1.[Na+]. The van der Waals surface area contributed by atoms with E-state index in [1.54, 1.807) is 0 Å². The molecule has 4 N–H and O–H groups in total. The van der Waals surface area contributed by atoms with Crippen LogP contribution in [0.2, 0.25) is 5.02 Å². The van der Waals surface area contributed by atoms with Gasteiger partial charge < -0.3 is 15.0 Å². The van der Waals surface area contributed by atoms with Crippen LogP contribution in [-0.2, 0) is 30.4 Å². The van der Waals surface area contributed by atoms with Crippen LogP contribution in [-0.4, -0.2) is 54.0 Å². The molecule has 0 saturated carbocycles. The molecule has 0 aliphatic rings. The van der Waals surface area contributed by atoms with Crippen LogP contribution >= 0.6 is 11.6 Å². The molecule has 0 bridgehead atoms. The monoisotopic (exact) mass is 683 g/mol. The molecule has 0 atom stereocenters. The first-order chi connectivity index (χ1) is 19.3. The van der Waals surface area contributed by atoms with E-state index in [4.69, 9.17) is 11.6 Å². The number of phenolic OH excluding ortho intramolecular Hbond substituents is 1. The molecule has 4 rings (SSSR count). The van der Waals surface area contributed by atoms with Gasteiger partial charge in [-0.25, -0.2) is 13.4 Å². The van der Waals surface area contributed by atoms with E-state index in [0.29, 0.717) is 11.6 Å². The molecule has 0 fully saturated rings. The van der Waals surface area contributed by atoms with Gasteiger partial charge in [-0.1, -0.05) is 17.7 Å². The van der Waals surface area contributed by atoms with E-state index >= 15 is 0 Å². The first-order valence-electron chi connectivity index (χ1n) is 11.0. The Morgan fingerprint density at radius 2 is 1.58 bits per heavy atom. The molecule has 0 aliphatic carbocycles. The fourth-order valence-electron chi connectivity index (χ4n) is 3.74. The maximum atomic E-state index is 13.9. The molecular weight excluding hydrogens is 668 g/mol. The largest absolute Gasteiger partial charge is 1.00 e. The third-order valence-corrected chi connectivity index (χ3v) is 8.60. The summed E-state index contributed by atoms with van der Waals surface area (Å²) in [5.41, 5.74) is -1.63. The topological polar surface area (TPSA) is 249 Å². The average molecular weight is 684 g/mol. The molecule has 0 saturated heterocycles. The van der Waals surface area contributed by atoms with Crippen molar-refractivity contribution in [2.24, 2.45) is 10.2 Å². The molecule has 222 valence electrons. The number of aromatic hydroxyl groups is 1. The molecule has 0 amide bonds. The molecular formula is C22H16ClFN5NaO10S3. The summed E-state index contributed by atoms with van der Waals surface area (Å²) in [7, 11) is -15.3. The van der Waals surface area contributed by atoms with Crippen LogP contribution in [0.1, 0.15) is 11.3 Å². The third kappa shape index (κ3) is 7.45. The maximum Gasteiger partial charge on any atom is 1.00 e. The number of aryl methyl sites for hydroxylation is 2. The Kier molecular flexibility index (Phi) is 9.88. The van der Waals surface area contributed by atoms with Gasteiger partial charge >= 0.3 is 35.6 Å². The van der Waals surface area contributed by atoms with Crippen LogP contribution in [0.3, 0.4) is 0 Å². The summed E-state index contributed by atoms with van der Waals surface area (Å²) in [6.07, 6.45) is -1.25. The summed E-state index contributed by atoms with van der Waals surface area (Å²) in [5, 5.41) is 19.7. The number of hydrogen-bond donors (Lipinski definition) is 4. The quantitative estimate of drug-likeness (QED) is 0.0929. The Morgan fingerprint density at radius 3 is 2.16 bits per heavy atom. The molecule has 0 spiro atoms. The number of nitrogens with zero attached hydrogens (tertiary/aromatic N) is 4. The van der Waals surface area contributed by atoms with Crippen molar-refractivity contribution in [3.05, 3.63) is 58.8 Å². The van der Waals surface area contributed by atoms with Gasteiger partial charge in [-0.05, 0) is 55.1 Å². The van der Waals surface area contributed by atoms with E-state index in [9.17, 15) is 48.4 Å². The van der Waals surface area contributed by atoms with Gasteiger partial charge in [0.2, 0.25) is 0 Å². The van der Waals surface area contributed by atoms with Gasteiger partial charge in [0, 0.05) is 5.39 Å². The van der Waals surface area contributed by atoms with Crippen LogP contribution in [0.5, 0.6) is 5.75 Å². The number of fused-ring (bicyclic) bond motifs is 1. The average Bonchev–Trinajstić information content (AvgIpc) is 2.84. The standard InChI is InChI=1S/C22H17ClFN5O10S3.Na/c1-9-3-4-13(15(5-9)41(34,35)36)28-29-19-16(42(37,38)39)7-11-6-12(40(31,32)33)8-14(17(11)20(19)30)26-21-18(23)10(2)25-22(24)27-21;/h3-8,30H,1-2H3,(H,25,26,27)(H,31,32,33)(H,34,35,36)(H,37,38,39);/q;+1/p-1. The van der Waals surface area contributed by atoms with Crippen LogP contribution in [0.25, 0.3) is 10.8 Å². The zero-order chi connectivity index (χ0) is 31.4. The van der Waals surface area contributed by atoms with Crippen molar-refractivity contribution in [2.75, 3.05) is 5.32 Å². The van der Waals surface area contributed by atoms with Gasteiger partial charge in [-0.2, -0.15) is 26.2 Å². The molecule has 0 aliphatic heterocycles. The van der Waals surface area contributed by atoms with Crippen molar-refractivity contribution < 1.29 is 78.0 Å². The number of azo groups is 1. The van der Waals surface area contributed by atoms with E-state index in [0.717, 1.165) is 24.3 Å². The fraction of sp³-hybridized carbons (Fsp3) is 0.0909. The van der Waals surface area contributed by atoms with Crippen molar-refractivity contribution in [1.82, 2.24) is 9.97 Å². The molecule has 21 heteroatoms. The fourth-order valence-corrected chi connectivity index (χ4v) is 5.77. The second-order valence-corrected chi connectivity index (χ2v) is 13.1. The summed E-state index contributed by atoms with van der Waals surface area (Å²) in [4.78, 5) is 4.09. The van der Waals surface area contributed by atoms with Crippen LogP contribution in [0, 0.1) is 19.9 Å². The second kappa shape index (κ2) is 12.3. The summed E-state index contributed by atoms with van der Waals surface area (Å²) in [6.45, 7) is 2.82. The number of hydrogen-bond acceptors (Lipinski definition) is 13. The van der Waals surface area contributed by atoms with Crippen molar-refractivity contribution in [3.63, 3.8) is 0 Å². The molecule has 4 aromatic rings. The van der Waals surface area contributed by atoms with Crippen LogP contribution < -0.4 is 34.9 Å². The van der Waals surface area contributed by atoms with Gasteiger partial charge in [0.25, 0.3) is 20.2 Å². The van der Waals surface area contributed by atoms with Gasteiger partial charge in [-0.3, -0.25) is 9.11 Å². The van der Waals surface area contributed by atoms with Gasteiger partial charge in [0.05, 0.1) is 21.2 Å². The Bertz CT molecular complexity index is 2170. The van der Waals surface area contributed by atoms with Crippen molar-refractivity contribution in [3.8, 4) is 5.75 Å². The number of anilines is 2. The smallest absolute Gasteiger partial charge is 0.744 e. The molecule has 43 heavy (non-hydrogen) atoms. The Morgan fingerprint density at radius 1 is 0.930 bits per heavy atom. The van der Waals surface area contributed by atoms with Gasteiger partial charge in [-0.15, -0.1) is 10.2 Å². The summed E-state index contributed by atoms with van der Waals surface area (Å²) < 4.78 is 117. The Hall–Kier alpha value is -2.85. The predicted octanol–water partition coefficient (Wildman–Crippen LogP) is 1.31. The number of nitrogens with one attached hydrogen (secondary N) is 1. The first kappa shape index (κ1) is 34.6. The van der Waals surface area contributed by atoms with Crippen molar-refractivity contribution in [2.45, 2.75) is 28.5 Å². The zero-order valence-corrected chi connectivity index (χ0v) is 27.1. The summed E-state index contributed by atoms with van der Waals surface area (Å²) in [5.74, 6) is -1.53. The molecule has 1 aromatic heterocycles. The number of phenols is 1. The molecule has 1 heterocycles. The van der Waals surface area contributed by atoms with Gasteiger partial charge in [0.1, 0.15) is 31.4 Å². The minimum atomic E-state index is -5.49. The zero-order valence-electron chi connectivity index (χ0n) is 21.9. The Balaban J connectivity index is 0.00000506. The first-order valence-corrected chi connectivity index (χ1v) is 15.7. The van der Waals surface area contributed by atoms with Crippen molar-refractivity contribution >= 4 is 75.6 Å². The number of halogens is 2. The third-order valence-electron chi connectivity index (χ3n) is 5.58. The van der Waals surface area contributed by atoms with Crippen LogP contribution in [0.4, 0.5) is 27.3 Å². The van der Waals surface area contributed by atoms with E-state index in [2.05, 4.69) is 25.5 Å². The molecule has 15 nitrogen and oxygen atoms in total. The summed E-state index contributed by atoms with van der Waals surface area (Å²) >= 11 is 6.12. The van der Waals surface area contributed by atoms with E-state index in [1.165, 1.54) is 19.9 Å². The predicted molar refractivity (Wildman–Crippen MR) is 144 cm³/mol. The molecule has 0 unspecified atom stereocenters. The molecule has 0 radical (unpaired) electrons. The maximum absolute atomic E-state index is 13.9. The van der Waals surface area contributed by atoms with E-state index < -0.39 is 90.5 Å². The normalized spacial score (nSPS) is 12.4. The van der Waals surface area contributed by atoms with Crippen molar-refractivity contribution in [1.29, 1.82) is 0 Å². The summed E-state index contributed by atoms with van der Waals surface area (Å²) in [6, 6.07) is 5.59. The minimum absolute atomic E-state index is 0. The number of benzene rings is 3. The van der Waals surface area contributed by atoms with Crippen LogP contribution in [0.15, 0.2) is 61.3 Å². The van der Waals surface area contributed by atoms with E-state index in [-0.39, 0.29) is 40.3 Å². The minimum Gasteiger partial charge on any atom is -0.744 e. The Labute approximate surface area is 270 Å². The second-order valence-electron chi connectivity index (χ2n) is 8.58. The van der Waals surface area contributed by atoms with E-state index in [1.807, 2.05) is 0 Å². The molecule has 3 aromatic carbocycles. The van der Waals surface area contributed by atoms with Gasteiger partial charge in [0.15, 0.2) is 11.6 Å².